The molecule has 13 heteroatoms. The SMILES string of the molecule is O=C(OCc1ccccc1)N1CCC(OCc2nc(C3CCCCN3S(=O)(=O)c3nc4ccccc4[nH]3)no2)CC1. The first-order valence-electron chi connectivity index (χ1n) is 13.8. The first kappa shape index (κ1) is 27.4. The average Bonchev–Trinajstić information content (AvgIpc) is 3.68. The highest BCUT2D eigenvalue weighted by molar-refractivity contribution is 7.89. The summed E-state index contributed by atoms with van der Waals surface area (Å²) in [4.78, 5) is 25.8. The Bertz CT molecular complexity index is 1550. The Morgan fingerprint density at radius 3 is 2.54 bits per heavy atom. The molecule has 1 atom stereocenters. The van der Waals surface area contributed by atoms with E-state index in [1.54, 1.807) is 17.0 Å². The van der Waals surface area contributed by atoms with Crippen molar-refractivity contribution in [3.63, 3.8) is 0 Å². The number of sulfonamides is 1. The second kappa shape index (κ2) is 12.0. The Balaban J connectivity index is 1.03. The summed E-state index contributed by atoms with van der Waals surface area (Å²) in [6.45, 7) is 1.76. The van der Waals surface area contributed by atoms with E-state index in [2.05, 4.69) is 20.1 Å². The number of amides is 1. The fourth-order valence-corrected chi connectivity index (χ4v) is 6.86. The number of imidazole rings is 1. The second-order valence-corrected chi connectivity index (χ2v) is 12.1. The lowest BCUT2D eigenvalue weighted by Crippen LogP contribution is -2.41. The molecular weight excluding hydrogens is 548 g/mol. The number of likely N-dealkylation sites (tertiary alicyclic amines) is 1. The van der Waals surface area contributed by atoms with E-state index in [-0.39, 0.29) is 36.5 Å². The number of carbonyl (C=O) groups excluding carboxylic acids is 1. The molecule has 4 aromatic rings. The molecule has 2 aliphatic rings. The molecule has 2 aromatic heterocycles. The highest BCUT2D eigenvalue weighted by Gasteiger charge is 2.39. The van der Waals surface area contributed by atoms with Crippen LogP contribution in [0.25, 0.3) is 11.0 Å². The fourth-order valence-electron chi connectivity index (χ4n) is 5.28. The second-order valence-electron chi connectivity index (χ2n) is 10.3. The number of carbonyl (C=O) groups is 1. The number of rotatable bonds is 8. The monoisotopic (exact) mass is 580 g/mol. The van der Waals surface area contributed by atoms with Crippen molar-refractivity contribution in [2.24, 2.45) is 0 Å². The first-order valence-corrected chi connectivity index (χ1v) is 15.3. The molecule has 0 bridgehead atoms. The third-order valence-electron chi connectivity index (χ3n) is 7.50. The number of nitrogens with one attached hydrogen (secondary N) is 1. The maximum Gasteiger partial charge on any atom is 0.410 e. The van der Waals surface area contributed by atoms with Crippen molar-refractivity contribution in [2.75, 3.05) is 19.6 Å². The van der Waals surface area contributed by atoms with Gasteiger partial charge in [0.2, 0.25) is 5.16 Å². The number of ether oxygens (including phenoxy) is 2. The number of fused-ring (bicyclic) bond motifs is 1. The van der Waals surface area contributed by atoms with Crippen LogP contribution in [0.3, 0.4) is 0 Å². The summed E-state index contributed by atoms with van der Waals surface area (Å²) in [5.74, 6) is 0.607. The van der Waals surface area contributed by atoms with Crippen LogP contribution in [0.5, 0.6) is 0 Å². The number of aromatic amines is 1. The maximum absolute atomic E-state index is 13.6. The van der Waals surface area contributed by atoms with E-state index in [0.717, 1.165) is 18.4 Å². The molecular formula is C28H32N6O6S. The molecule has 1 N–H and O–H groups in total. The molecule has 4 heterocycles. The van der Waals surface area contributed by atoms with Gasteiger partial charge in [0.15, 0.2) is 5.82 Å². The van der Waals surface area contributed by atoms with Crippen molar-refractivity contribution in [1.82, 2.24) is 29.3 Å². The highest BCUT2D eigenvalue weighted by Crippen LogP contribution is 2.34. The third-order valence-corrected chi connectivity index (χ3v) is 9.24. The van der Waals surface area contributed by atoms with Crippen LogP contribution in [0.4, 0.5) is 4.79 Å². The van der Waals surface area contributed by atoms with Gasteiger partial charge >= 0.3 is 6.09 Å². The molecule has 216 valence electrons. The largest absolute Gasteiger partial charge is 0.445 e. The lowest BCUT2D eigenvalue weighted by molar-refractivity contribution is -0.0130. The molecule has 2 fully saturated rings. The summed E-state index contributed by atoms with van der Waals surface area (Å²) >= 11 is 0. The molecule has 1 amide bonds. The molecule has 12 nitrogen and oxygen atoms in total. The lowest BCUT2D eigenvalue weighted by atomic mass is 10.0. The number of hydrogen-bond acceptors (Lipinski definition) is 9. The van der Waals surface area contributed by atoms with Gasteiger partial charge in [0.05, 0.1) is 23.2 Å². The van der Waals surface area contributed by atoms with Crippen LogP contribution in [0.1, 0.15) is 55.4 Å². The summed E-state index contributed by atoms with van der Waals surface area (Å²) in [6.07, 6.45) is 3.09. The van der Waals surface area contributed by atoms with Crippen molar-refractivity contribution in [3.8, 4) is 0 Å². The summed E-state index contributed by atoms with van der Waals surface area (Å²) in [5.41, 5.74) is 2.20. The molecule has 0 aliphatic carbocycles. The van der Waals surface area contributed by atoms with Gasteiger partial charge in [-0.05, 0) is 43.4 Å². The number of para-hydroxylation sites is 2. The Morgan fingerprint density at radius 1 is 0.951 bits per heavy atom. The summed E-state index contributed by atoms with van der Waals surface area (Å²) in [6, 6.07) is 16.2. The number of hydrogen-bond donors (Lipinski definition) is 1. The van der Waals surface area contributed by atoms with Crippen molar-refractivity contribution < 1.29 is 27.2 Å². The number of piperidine rings is 2. The number of H-pyrrole nitrogens is 1. The van der Waals surface area contributed by atoms with E-state index in [4.69, 9.17) is 14.0 Å². The number of benzene rings is 2. The van der Waals surface area contributed by atoms with Gasteiger partial charge in [-0.1, -0.05) is 54.0 Å². The molecule has 1 unspecified atom stereocenters. The van der Waals surface area contributed by atoms with Crippen LogP contribution in [0.2, 0.25) is 0 Å². The van der Waals surface area contributed by atoms with E-state index in [9.17, 15) is 13.2 Å². The molecule has 0 radical (unpaired) electrons. The van der Waals surface area contributed by atoms with Crippen molar-refractivity contribution >= 4 is 27.1 Å². The minimum absolute atomic E-state index is 0.0665. The molecule has 6 rings (SSSR count). The Morgan fingerprint density at radius 2 is 1.73 bits per heavy atom. The van der Waals surface area contributed by atoms with Crippen LogP contribution < -0.4 is 0 Å². The highest BCUT2D eigenvalue weighted by atomic mass is 32.2. The summed E-state index contributed by atoms with van der Waals surface area (Å²) in [5, 5.41) is 4.02. The average molecular weight is 581 g/mol. The van der Waals surface area contributed by atoms with Crippen LogP contribution in [0.15, 0.2) is 64.3 Å². The molecule has 0 spiro atoms. The zero-order chi connectivity index (χ0) is 28.2. The van der Waals surface area contributed by atoms with E-state index in [1.165, 1.54) is 4.31 Å². The number of nitrogens with zero attached hydrogens (tertiary/aromatic N) is 5. The van der Waals surface area contributed by atoms with E-state index in [0.29, 0.717) is 55.8 Å². The van der Waals surface area contributed by atoms with Crippen molar-refractivity contribution in [1.29, 1.82) is 0 Å². The molecule has 0 saturated carbocycles. The van der Waals surface area contributed by atoms with Gasteiger partial charge in [0.25, 0.3) is 15.9 Å². The molecule has 2 aromatic carbocycles. The van der Waals surface area contributed by atoms with E-state index < -0.39 is 16.1 Å². The van der Waals surface area contributed by atoms with Crippen LogP contribution >= 0.6 is 0 Å². The zero-order valence-corrected chi connectivity index (χ0v) is 23.3. The quantitative estimate of drug-likeness (QED) is 0.325. The van der Waals surface area contributed by atoms with Gasteiger partial charge in [0, 0.05) is 19.6 Å². The van der Waals surface area contributed by atoms with Gasteiger partial charge in [0.1, 0.15) is 13.2 Å². The Labute approximate surface area is 237 Å². The van der Waals surface area contributed by atoms with Crippen molar-refractivity contribution in [3.05, 3.63) is 71.9 Å². The summed E-state index contributed by atoms with van der Waals surface area (Å²) in [7, 11) is -3.90. The predicted molar refractivity (Wildman–Crippen MR) is 147 cm³/mol. The summed E-state index contributed by atoms with van der Waals surface area (Å²) < 4.78 is 45.4. The van der Waals surface area contributed by atoms with Gasteiger partial charge in [-0.25, -0.2) is 18.2 Å². The van der Waals surface area contributed by atoms with Crippen LogP contribution in [0, 0.1) is 0 Å². The standard InChI is InChI=1S/C28H32N6O6S/c35-28(39-18-20-8-2-1-3-9-20)33-16-13-21(14-17-33)38-19-25-31-26(32-40-25)24-12-6-7-15-34(24)41(36,37)27-29-22-10-4-5-11-23(22)30-27/h1-5,8-11,21,24H,6-7,12-19H2,(H,29,30). The smallest absolute Gasteiger partial charge is 0.410 e. The first-order chi connectivity index (χ1) is 20.0. The van der Waals surface area contributed by atoms with Gasteiger partial charge < -0.3 is 23.9 Å². The zero-order valence-electron chi connectivity index (χ0n) is 22.5. The number of aromatic nitrogens is 4. The van der Waals surface area contributed by atoms with E-state index in [1.807, 2.05) is 42.5 Å². The van der Waals surface area contributed by atoms with Gasteiger partial charge in [-0.15, -0.1) is 0 Å². The Kier molecular flexibility index (Phi) is 7.99. The lowest BCUT2D eigenvalue weighted by Gasteiger charge is -2.31. The minimum Gasteiger partial charge on any atom is -0.445 e. The normalized spacial score (nSPS) is 19.0. The molecule has 41 heavy (non-hydrogen) atoms. The van der Waals surface area contributed by atoms with Gasteiger partial charge in [-0.3, -0.25) is 0 Å². The van der Waals surface area contributed by atoms with E-state index >= 15 is 0 Å². The fraction of sp³-hybridized carbons (Fsp3) is 0.429. The third kappa shape index (κ3) is 6.11. The maximum atomic E-state index is 13.6. The predicted octanol–water partition coefficient (Wildman–Crippen LogP) is 4.18. The molecule has 2 aliphatic heterocycles. The topological polar surface area (TPSA) is 144 Å². The minimum atomic E-state index is -3.90. The Hall–Kier alpha value is -3.81. The van der Waals surface area contributed by atoms with Crippen molar-refractivity contribution in [2.45, 2.75) is 62.6 Å². The van der Waals surface area contributed by atoms with Crippen LogP contribution in [-0.2, 0) is 32.7 Å². The molecule has 2 saturated heterocycles. The van der Waals surface area contributed by atoms with Crippen LogP contribution in [-0.4, -0.2) is 69.6 Å². The van der Waals surface area contributed by atoms with Gasteiger partial charge in [-0.2, -0.15) is 9.29 Å².